The lowest BCUT2D eigenvalue weighted by molar-refractivity contribution is 0.00578. The molecule has 0 unspecified atom stereocenters. The summed E-state index contributed by atoms with van der Waals surface area (Å²) in [6.07, 6.45) is 4.83. The van der Waals surface area contributed by atoms with Crippen molar-refractivity contribution in [3.8, 4) is 5.69 Å². The van der Waals surface area contributed by atoms with Crippen molar-refractivity contribution in [3.05, 3.63) is 42.2 Å². The molecule has 1 aromatic carbocycles. The van der Waals surface area contributed by atoms with Crippen LogP contribution in [0.3, 0.4) is 0 Å². The molecule has 4 nitrogen and oxygen atoms in total. The first kappa shape index (κ1) is 18.7. The maximum atomic E-state index is 6.06. The molecule has 1 saturated heterocycles. The summed E-state index contributed by atoms with van der Waals surface area (Å²) < 4.78 is 14.0. The fraction of sp³-hybridized carbons (Fsp3) is 0.526. The van der Waals surface area contributed by atoms with Crippen LogP contribution in [0.1, 0.15) is 54.0 Å². The predicted molar refractivity (Wildman–Crippen MR) is 100 cm³/mol. The summed E-state index contributed by atoms with van der Waals surface area (Å²) in [5.41, 5.74) is 2.64. The van der Waals surface area contributed by atoms with E-state index >= 15 is 0 Å². The Morgan fingerprint density at radius 2 is 1.54 bits per heavy atom. The van der Waals surface area contributed by atoms with E-state index < -0.39 is 0 Å². The van der Waals surface area contributed by atoms with Gasteiger partial charge in [0.25, 0.3) is 0 Å². The van der Waals surface area contributed by atoms with E-state index in [-0.39, 0.29) is 18.3 Å². The fourth-order valence-electron chi connectivity index (χ4n) is 2.46. The highest BCUT2D eigenvalue weighted by molar-refractivity contribution is 6.62. The van der Waals surface area contributed by atoms with Crippen LogP contribution in [0.5, 0.6) is 0 Å². The Balaban J connectivity index is 0.00000100. The van der Waals surface area contributed by atoms with Gasteiger partial charge in [-0.2, -0.15) is 5.10 Å². The molecule has 24 heavy (non-hydrogen) atoms. The Morgan fingerprint density at radius 3 is 2.04 bits per heavy atom. The monoisotopic (exact) mass is 328 g/mol. The minimum Gasteiger partial charge on any atom is -0.399 e. The molecule has 0 amide bonds. The van der Waals surface area contributed by atoms with Gasteiger partial charge < -0.3 is 9.31 Å². The first-order chi connectivity index (χ1) is 11.3. The van der Waals surface area contributed by atoms with E-state index in [1.54, 1.807) is 0 Å². The van der Waals surface area contributed by atoms with Crippen molar-refractivity contribution < 1.29 is 9.31 Å². The molecule has 0 radical (unpaired) electrons. The normalized spacial score (nSPS) is 18.2. The molecule has 0 bridgehead atoms. The highest BCUT2D eigenvalue weighted by atomic mass is 16.7. The Labute approximate surface area is 146 Å². The zero-order chi connectivity index (χ0) is 18.0. The number of nitrogens with zero attached hydrogens (tertiary/aromatic N) is 2. The Morgan fingerprint density at radius 1 is 1.00 bits per heavy atom. The van der Waals surface area contributed by atoms with Gasteiger partial charge in [0.1, 0.15) is 0 Å². The van der Waals surface area contributed by atoms with Crippen LogP contribution >= 0.6 is 0 Å². The van der Waals surface area contributed by atoms with Crippen LogP contribution in [0.25, 0.3) is 5.69 Å². The molecule has 0 atom stereocenters. The Hall–Kier alpha value is -1.59. The van der Waals surface area contributed by atoms with Crippen LogP contribution in [0.4, 0.5) is 0 Å². The Bertz CT molecular complexity index is 646. The third-order valence-corrected chi connectivity index (χ3v) is 4.74. The summed E-state index contributed by atoms with van der Waals surface area (Å²) in [7, 11) is -0.367. The molecule has 2 aromatic rings. The minimum absolute atomic E-state index is 0.331. The largest absolute Gasteiger partial charge is 0.498 e. The second-order valence-corrected chi connectivity index (χ2v) is 6.83. The molecule has 0 saturated carbocycles. The molecule has 1 aliphatic rings. The van der Waals surface area contributed by atoms with Crippen LogP contribution in [0.15, 0.2) is 36.7 Å². The van der Waals surface area contributed by atoms with Gasteiger partial charge in [-0.15, -0.1) is 0 Å². The highest BCUT2D eigenvalue weighted by Crippen LogP contribution is 2.36. The zero-order valence-corrected chi connectivity index (χ0v) is 16.0. The molecule has 1 fully saturated rings. The summed E-state index contributed by atoms with van der Waals surface area (Å²) >= 11 is 0. The molecule has 0 N–H and O–H groups in total. The maximum Gasteiger partial charge on any atom is 0.498 e. The van der Waals surface area contributed by atoms with Crippen molar-refractivity contribution in [1.82, 2.24) is 9.78 Å². The topological polar surface area (TPSA) is 36.3 Å². The van der Waals surface area contributed by atoms with Gasteiger partial charge in [0.2, 0.25) is 0 Å². The van der Waals surface area contributed by atoms with Crippen molar-refractivity contribution in [3.63, 3.8) is 0 Å². The predicted octanol–water partition coefficient (Wildman–Crippen LogP) is 3.76. The van der Waals surface area contributed by atoms with E-state index in [0.29, 0.717) is 0 Å². The third-order valence-electron chi connectivity index (χ3n) is 4.74. The van der Waals surface area contributed by atoms with E-state index in [1.165, 1.54) is 5.56 Å². The van der Waals surface area contributed by atoms with Gasteiger partial charge >= 0.3 is 7.12 Å². The second kappa shape index (κ2) is 7.12. The lowest BCUT2D eigenvalue weighted by atomic mass is 9.82. The summed E-state index contributed by atoms with van der Waals surface area (Å²) in [6.45, 7) is 14.4. The summed E-state index contributed by atoms with van der Waals surface area (Å²) in [5, 5.41) is 4.44. The second-order valence-electron chi connectivity index (χ2n) is 6.83. The van der Waals surface area contributed by atoms with Crippen molar-refractivity contribution >= 4 is 12.6 Å². The Kier molecular flexibility index (Phi) is 5.56. The van der Waals surface area contributed by atoms with Crippen LogP contribution < -0.4 is 5.46 Å². The number of aryl methyl sites for hydroxylation is 1. The first-order valence-corrected chi connectivity index (χ1v) is 8.82. The number of benzene rings is 1. The van der Waals surface area contributed by atoms with Crippen molar-refractivity contribution in [1.29, 1.82) is 0 Å². The molecule has 1 aromatic heterocycles. The van der Waals surface area contributed by atoms with Gasteiger partial charge in [-0.25, -0.2) is 4.68 Å². The lowest BCUT2D eigenvalue weighted by Gasteiger charge is -2.32. The van der Waals surface area contributed by atoms with E-state index in [9.17, 15) is 0 Å². The molecule has 130 valence electrons. The molecule has 5 heteroatoms. The summed E-state index contributed by atoms with van der Waals surface area (Å²) in [6, 6.07) is 8.43. The quantitative estimate of drug-likeness (QED) is 0.805. The van der Waals surface area contributed by atoms with Gasteiger partial charge in [0.15, 0.2) is 0 Å². The van der Waals surface area contributed by atoms with Crippen LogP contribution in [-0.4, -0.2) is 28.1 Å². The van der Waals surface area contributed by atoms with Gasteiger partial charge in [-0.05, 0) is 51.8 Å². The average Bonchev–Trinajstić information content (AvgIpc) is 3.13. The zero-order valence-electron chi connectivity index (χ0n) is 16.0. The summed E-state index contributed by atoms with van der Waals surface area (Å²) in [5.74, 6) is 0. The standard InChI is InChI=1S/C17H23BN2O2.C2H6/c1-6-13-7-9-15(10-8-13)20-12-14(11-19-20)18-21-16(2,3)17(4,5)22-18;1-2/h7-12H,6H2,1-5H3;1-2H3. The van der Waals surface area contributed by atoms with Gasteiger partial charge in [0.05, 0.1) is 16.9 Å². The summed E-state index contributed by atoms with van der Waals surface area (Å²) in [4.78, 5) is 0. The lowest BCUT2D eigenvalue weighted by Crippen LogP contribution is -2.41. The number of hydrogen-bond acceptors (Lipinski definition) is 3. The molecule has 1 aliphatic heterocycles. The first-order valence-electron chi connectivity index (χ1n) is 8.82. The van der Waals surface area contributed by atoms with Crippen LogP contribution in [-0.2, 0) is 15.7 Å². The van der Waals surface area contributed by atoms with E-state index in [2.05, 4.69) is 64.0 Å². The molecule has 0 spiro atoms. The minimum atomic E-state index is -0.367. The van der Waals surface area contributed by atoms with E-state index in [0.717, 1.165) is 17.6 Å². The van der Waals surface area contributed by atoms with Gasteiger partial charge in [0, 0.05) is 17.9 Å². The van der Waals surface area contributed by atoms with Gasteiger partial charge in [-0.3, -0.25) is 0 Å². The van der Waals surface area contributed by atoms with Crippen molar-refractivity contribution in [2.45, 2.75) is 66.1 Å². The number of aromatic nitrogens is 2. The van der Waals surface area contributed by atoms with Crippen molar-refractivity contribution in [2.75, 3.05) is 0 Å². The molecule has 0 aliphatic carbocycles. The molecular weight excluding hydrogens is 299 g/mol. The van der Waals surface area contributed by atoms with E-state index in [4.69, 9.17) is 9.31 Å². The fourth-order valence-corrected chi connectivity index (χ4v) is 2.46. The highest BCUT2D eigenvalue weighted by Gasteiger charge is 2.52. The maximum absolute atomic E-state index is 6.06. The molecule has 2 heterocycles. The smallest absolute Gasteiger partial charge is 0.399 e. The molecular formula is C19H29BN2O2. The number of hydrogen-bond donors (Lipinski definition) is 0. The van der Waals surface area contributed by atoms with Crippen LogP contribution in [0.2, 0.25) is 0 Å². The third kappa shape index (κ3) is 3.57. The average molecular weight is 328 g/mol. The molecule has 3 rings (SSSR count). The van der Waals surface area contributed by atoms with Crippen molar-refractivity contribution in [2.24, 2.45) is 0 Å². The van der Waals surface area contributed by atoms with E-state index in [1.807, 2.05) is 30.9 Å². The van der Waals surface area contributed by atoms with Gasteiger partial charge in [-0.1, -0.05) is 32.9 Å². The SMILES string of the molecule is CC.CCc1ccc(-n2cc(B3OC(C)(C)C(C)(C)O3)cn2)cc1. The number of rotatable bonds is 3. The van der Waals surface area contributed by atoms with Crippen LogP contribution in [0, 0.1) is 0 Å².